The molecule has 0 unspecified atom stereocenters. The molecule has 0 aliphatic rings. The SMILES string of the molecule is CCOC(=O)c1cc2c(=O)n3cccc(C)c3nc2n(Cc2ccco2)c1=NC(=O)c1cc(OC)cc(OC)c1. The standard InChI is InChI=1S/C29H26N4O7/c1-5-39-29(36)23-15-22-25(30-24-17(2)8-6-10-32(24)28(22)35)33(16-19-9-7-11-40-19)26(23)31-27(34)18-12-20(37-3)14-21(13-18)38-4/h6-15H,5,16H2,1-4H3. The third-order valence-electron chi connectivity index (χ3n) is 6.30. The van der Waals surface area contributed by atoms with Gasteiger partial charge in [0.15, 0.2) is 5.49 Å². The van der Waals surface area contributed by atoms with Gasteiger partial charge in [0, 0.05) is 17.8 Å². The van der Waals surface area contributed by atoms with Crippen LogP contribution in [-0.4, -0.2) is 46.7 Å². The van der Waals surface area contributed by atoms with Crippen molar-refractivity contribution in [2.45, 2.75) is 20.4 Å². The van der Waals surface area contributed by atoms with Gasteiger partial charge in [-0.25, -0.2) is 9.78 Å². The van der Waals surface area contributed by atoms with E-state index < -0.39 is 17.4 Å². The molecule has 204 valence electrons. The van der Waals surface area contributed by atoms with Crippen molar-refractivity contribution < 1.29 is 28.2 Å². The zero-order valence-corrected chi connectivity index (χ0v) is 22.3. The van der Waals surface area contributed by atoms with Crippen LogP contribution in [0.1, 0.15) is 39.0 Å². The summed E-state index contributed by atoms with van der Waals surface area (Å²) >= 11 is 0. The van der Waals surface area contributed by atoms with Gasteiger partial charge >= 0.3 is 5.97 Å². The first-order chi connectivity index (χ1) is 19.3. The molecule has 11 nitrogen and oxygen atoms in total. The van der Waals surface area contributed by atoms with Crippen LogP contribution in [0.15, 0.2) is 75.2 Å². The molecule has 0 aliphatic carbocycles. The molecule has 0 N–H and O–H groups in total. The lowest BCUT2D eigenvalue weighted by Crippen LogP contribution is -2.33. The van der Waals surface area contributed by atoms with Crippen LogP contribution in [0, 0.1) is 6.92 Å². The van der Waals surface area contributed by atoms with Crippen LogP contribution in [-0.2, 0) is 11.3 Å². The van der Waals surface area contributed by atoms with E-state index in [0.717, 1.165) is 5.56 Å². The predicted molar refractivity (Wildman–Crippen MR) is 145 cm³/mol. The molecule has 0 bridgehead atoms. The van der Waals surface area contributed by atoms with Gasteiger partial charge in [0.25, 0.3) is 11.5 Å². The summed E-state index contributed by atoms with van der Waals surface area (Å²) in [5.74, 6) is -0.152. The molecule has 0 radical (unpaired) electrons. The highest BCUT2D eigenvalue weighted by Crippen LogP contribution is 2.23. The van der Waals surface area contributed by atoms with E-state index in [9.17, 15) is 14.4 Å². The summed E-state index contributed by atoms with van der Waals surface area (Å²) < 4.78 is 24.4. The van der Waals surface area contributed by atoms with Gasteiger partial charge in [-0.05, 0) is 55.8 Å². The molecule has 0 aliphatic heterocycles. The number of nitrogens with zero attached hydrogens (tertiary/aromatic N) is 4. The number of esters is 1. The summed E-state index contributed by atoms with van der Waals surface area (Å²) in [6, 6.07) is 13.0. The molecule has 4 aromatic heterocycles. The Balaban J connectivity index is 1.89. The minimum absolute atomic E-state index is 0.0266. The minimum Gasteiger partial charge on any atom is -0.497 e. The fraction of sp³-hybridized carbons (Fsp3) is 0.207. The summed E-state index contributed by atoms with van der Waals surface area (Å²) in [6.07, 6.45) is 3.11. The van der Waals surface area contributed by atoms with Crippen molar-refractivity contribution in [1.29, 1.82) is 0 Å². The Labute approximate surface area is 227 Å². The maximum Gasteiger partial charge on any atom is 0.341 e. The fourth-order valence-electron chi connectivity index (χ4n) is 4.37. The zero-order chi connectivity index (χ0) is 28.4. The highest BCUT2D eigenvalue weighted by atomic mass is 16.5. The number of fused-ring (bicyclic) bond motifs is 2. The summed E-state index contributed by atoms with van der Waals surface area (Å²) in [7, 11) is 2.94. The van der Waals surface area contributed by atoms with Crippen LogP contribution in [0.2, 0.25) is 0 Å². The topological polar surface area (TPSA) is 127 Å². The number of pyridine rings is 2. The molecule has 0 fully saturated rings. The van der Waals surface area contributed by atoms with Gasteiger partial charge in [0.05, 0.1) is 39.0 Å². The van der Waals surface area contributed by atoms with Crippen LogP contribution in [0.25, 0.3) is 16.7 Å². The number of amides is 1. The second kappa shape index (κ2) is 10.9. The Morgan fingerprint density at radius 1 is 1.02 bits per heavy atom. The van der Waals surface area contributed by atoms with E-state index in [4.69, 9.17) is 23.6 Å². The molecule has 5 rings (SSSR count). The zero-order valence-electron chi connectivity index (χ0n) is 22.3. The lowest BCUT2D eigenvalue weighted by molar-refractivity contribution is 0.0523. The monoisotopic (exact) mass is 542 g/mol. The van der Waals surface area contributed by atoms with E-state index in [1.165, 1.54) is 47.6 Å². The molecule has 5 aromatic rings. The smallest absolute Gasteiger partial charge is 0.341 e. The highest BCUT2D eigenvalue weighted by molar-refractivity contribution is 5.97. The molecular formula is C29H26N4O7. The molecule has 1 amide bonds. The van der Waals surface area contributed by atoms with Crippen LogP contribution in [0.5, 0.6) is 11.5 Å². The van der Waals surface area contributed by atoms with Crippen LogP contribution >= 0.6 is 0 Å². The van der Waals surface area contributed by atoms with Crippen LogP contribution in [0.4, 0.5) is 0 Å². The number of rotatable bonds is 7. The van der Waals surface area contributed by atoms with Gasteiger partial charge in [0.2, 0.25) is 0 Å². The van der Waals surface area contributed by atoms with Gasteiger partial charge in [-0.1, -0.05) is 6.07 Å². The first-order valence-corrected chi connectivity index (χ1v) is 12.4. The molecule has 0 spiro atoms. The second-order valence-electron chi connectivity index (χ2n) is 8.82. The Bertz CT molecular complexity index is 1860. The molecular weight excluding hydrogens is 516 g/mol. The van der Waals surface area contributed by atoms with Gasteiger partial charge in [-0.3, -0.25) is 14.0 Å². The summed E-state index contributed by atoms with van der Waals surface area (Å²) in [4.78, 5) is 49.5. The predicted octanol–water partition coefficient (Wildman–Crippen LogP) is 3.53. The van der Waals surface area contributed by atoms with Crippen LogP contribution in [0.3, 0.4) is 0 Å². The average Bonchev–Trinajstić information content (AvgIpc) is 3.48. The molecule has 1 aromatic carbocycles. The number of aromatic nitrogens is 3. The van der Waals surface area contributed by atoms with E-state index in [-0.39, 0.29) is 40.8 Å². The molecule has 0 saturated heterocycles. The van der Waals surface area contributed by atoms with Crippen molar-refractivity contribution >= 4 is 28.6 Å². The molecule has 0 atom stereocenters. The van der Waals surface area contributed by atoms with Crippen molar-refractivity contribution in [3.63, 3.8) is 0 Å². The lowest BCUT2D eigenvalue weighted by Gasteiger charge is -2.15. The van der Waals surface area contributed by atoms with E-state index in [0.29, 0.717) is 22.9 Å². The number of carbonyl (C=O) groups excluding carboxylic acids is 2. The van der Waals surface area contributed by atoms with Crippen molar-refractivity contribution in [3.05, 3.63) is 99.3 Å². The van der Waals surface area contributed by atoms with E-state index in [2.05, 4.69) is 4.99 Å². The number of aryl methyl sites for hydroxylation is 1. The number of benzene rings is 1. The Morgan fingerprint density at radius 3 is 2.42 bits per heavy atom. The maximum atomic E-state index is 13.6. The average molecular weight is 543 g/mol. The Hall–Kier alpha value is -5.19. The fourth-order valence-corrected chi connectivity index (χ4v) is 4.37. The Morgan fingerprint density at radius 2 is 1.77 bits per heavy atom. The molecule has 4 heterocycles. The van der Waals surface area contributed by atoms with Gasteiger partial charge < -0.3 is 23.2 Å². The van der Waals surface area contributed by atoms with Crippen LogP contribution < -0.4 is 20.5 Å². The van der Waals surface area contributed by atoms with Gasteiger partial charge in [-0.15, -0.1) is 0 Å². The van der Waals surface area contributed by atoms with Crippen molar-refractivity contribution in [3.8, 4) is 11.5 Å². The molecule has 0 saturated carbocycles. The number of furan rings is 1. The van der Waals surface area contributed by atoms with Crippen molar-refractivity contribution in [2.75, 3.05) is 20.8 Å². The minimum atomic E-state index is -0.749. The number of hydrogen-bond donors (Lipinski definition) is 0. The maximum absolute atomic E-state index is 13.6. The van der Waals surface area contributed by atoms with E-state index in [1.807, 2.05) is 13.0 Å². The Kier molecular flexibility index (Phi) is 7.19. The molecule has 40 heavy (non-hydrogen) atoms. The number of ether oxygens (including phenoxy) is 3. The normalized spacial score (nSPS) is 11.7. The summed E-state index contributed by atoms with van der Waals surface area (Å²) in [6.45, 7) is 3.60. The summed E-state index contributed by atoms with van der Waals surface area (Å²) in [5, 5.41) is 0.146. The highest BCUT2D eigenvalue weighted by Gasteiger charge is 2.21. The van der Waals surface area contributed by atoms with Crippen molar-refractivity contribution in [2.24, 2.45) is 4.99 Å². The number of carbonyl (C=O) groups is 2. The van der Waals surface area contributed by atoms with E-state index >= 15 is 0 Å². The summed E-state index contributed by atoms with van der Waals surface area (Å²) in [5.41, 5.74) is 1.06. The van der Waals surface area contributed by atoms with Crippen molar-refractivity contribution in [1.82, 2.24) is 14.0 Å². The number of hydrogen-bond acceptors (Lipinski definition) is 8. The van der Waals surface area contributed by atoms with Gasteiger partial charge in [0.1, 0.15) is 34.1 Å². The third kappa shape index (κ3) is 4.84. The van der Waals surface area contributed by atoms with E-state index in [1.54, 1.807) is 37.4 Å². The first kappa shape index (κ1) is 26.4. The third-order valence-corrected chi connectivity index (χ3v) is 6.30. The lowest BCUT2D eigenvalue weighted by atomic mass is 10.1. The van der Waals surface area contributed by atoms with Gasteiger partial charge in [-0.2, -0.15) is 4.99 Å². The first-order valence-electron chi connectivity index (χ1n) is 12.4. The quantitative estimate of drug-likeness (QED) is 0.226. The second-order valence-corrected chi connectivity index (χ2v) is 8.82. The molecule has 11 heteroatoms. The number of methoxy groups -OCH3 is 2. The largest absolute Gasteiger partial charge is 0.497 e.